The molecule has 1 aliphatic carbocycles. The molecule has 2 fully saturated rings. The number of amides is 1. The second-order valence-electron chi connectivity index (χ2n) is 6.69. The average Bonchev–Trinajstić information content (AvgIpc) is 3.21. The maximum absolute atomic E-state index is 12.0. The predicted octanol–water partition coefficient (Wildman–Crippen LogP) is 1.35. The first kappa shape index (κ1) is 14.8. The molecule has 0 aromatic carbocycles. The number of rotatable bonds is 6. The van der Waals surface area contributed by atoms with Crippen LogP contribution in [-0.2, 0) is 4.79 Å². The minimum Gasteiger partial charge on any atom is -0.354 e. The Kier molecular flexibility index (Phi) is 4.85. The lowest BCUT2D eigenvalue weighted by Crippen LogP contribution is -2.53. The van der Waals surface area contributed by atoms with Crippen molar-refractivity contribution in [2.45, 2.75) is 51.5 Å². The molecule has 0 aromatic rings. The van der Waals surface area contributed by atoms with Crippen molar-refractivity contribution < 1.29 is 4.79 Å². The van der Waals surface area contributed by atoms with E-state index in [4.69, 9.17) is 5.73 Å². The van der Waals surface area contributed by atoms with Gasteiger partial charge in [-0.15, -0.1) is 0 Å². The fourth-order valence-electron chi connectivity index (χ4n) is 2.85. The number of hydrogen-bond acceptors (Lipinski definition) is 3. The van der Waals surface area contributed by atoms with Crippen LogP contribution in [0.1, 0.15) is 46.0 Å². The van der Waals surface area contributed by atoms with Gasteiger partial charge in [0, 0.05) is 6.54 Å². The predicted molar refractivity (Wildman–Crippen MR) is 77.8 cm³/mol. The minimum absolute atomic E-state index is 0.0299. The zero-order chi connectivity index (χ0) is 13.9. The van der Waals surface area contributed by atoms with Crippen molar-refractivity contribution in [3.05, 3.63) is 0 Å². The summed E-state index contributed by atoms with van der Waals surface area (Å²) in [5.74, 6) is 1.31. The first-order valence-electron chi connectivity index (χ1n) is 7.79. The van der Waals surface area contributed by atoms with E-state index in [2.05, 4.69) is 17.1 Å². The quantitative estimate of drug-likeness (QED) is 0.714. The van der Waals surface area contributed by atoms with Crippen LogP contribution in [0.25, 0.3) is 0 Å². The van der Waals surface area contributed by atoms with Crippen molar-refractivity contribution in [1.82, 2.24) is 10.2 Å². The highest BCUT2D eigenvalue weighted by Crippen LogP contribution is 2.38. The van der Waals surface area contributed by atoms with Gasteiger partial charge >= 0.3 is 0 Å². The molecule has 0 spiro atoms. The van der Waals surface area contributed by atoms with E-state index in [1.807, 2.05) is 6.92 Å². The van der Waals surface area contributed by atoms with Crippen LogP contribution in [0.2, 0.25) is 0 Å². The van der Waals surface area contributed by atoms with Gasteiger partial charge in [-0.2, -0.15) is 0 Å². The summed E-state index contributed by atoms with van der Waals surface area (Å²) in [7, 11) is 0. The molecule has 1 amide bonds. The van der Waals surface area contributed by atoms with Gasteiger partial charge in [0.25, 0.3) is 0 Å². The molecule has 0 radical (unpaired) electrons. The Morgan fingerprint density at radius 2 is 1.95 bits per heavy atom. The van der Waals surface area contributed by atoms with E-state index < -0.39 is 5.54 Å². The van der Waals surface area contributed by atoms with Gasteiger partial charge in [-0.1, -0.05) is 6.92 Å². The molecule has 19 heavy (non-hydrogen) atoms. The molecule has 1 unspecified atom stereocenters. The lowest BCUT2D eigenvalue weighted by atomic mass is 9.96. The highest BCUT2D eigenvalue weighted by Gasteiger charge is 2.43. The van der Waals surface area contributed by atoms with E-state index >= 15 is 0 Å². The van der Waals surface area contributed by atoms with Gasteiger partial charge in [0.1, 0.15) is 0 Å². The van der Waals surface area contributed by atoms with Gasteiger partial charge in [0.05, 0.1) is 5.54 Å². The molecule has 1 saturated heterocycles. The number of hydrogen-bond donors (Lipinski definition) is 2. The second kappa shape index (κ2) is 6.23. The number of likely N-dealkylation sites (tertiary alicyclic amines) is 1. The first-order chi connectivity index (χ1) is 9.00. The SMILES string of the molecule is CC1CCN(CCCNC(=O)C(C)(N)C2CC2)CC1. The molecule has 1 aliphatic heterocycles. The summed E-state index contributed by atoms with van der Waals surface area (Å²) < 4.78 is 0. The van der Waals surface area contributed by atoms with Gasteiger partial charge in [0.15, 0.2) is 0 Å². The van der Waals surface area contributed by atoms with Gasteiger partial charge in [0.2, 0.25) is 5.91 Å². The summed E-state index contributed by atoms with van der Waals surface area (Å²) in [6.45, 7) is 8.48. The van der Waals surface area contributed by atoms with E-state index in [-0.39, 0.29) is 5.91 Å². The smallest absolute Gasteiger partial charge is 0.240 e. The number of nitrogens with zero attached hydrogens (tertiary/aromatic N) is 1. The summed E-state index contributed by atoms with van der Waals surface area (Å²) in [5.41, 5.74) is 5.43. The summed E-state index contributed by atoms with van der Waals surface area (Å²) in [6.07, 6.45) is 5.86. The molecule has 110 valence electrons. The fraction of sp³-hybridized carbons (Fsp3) is 0.933. The standard InChI is InChI=1S/C15H29N3O/c1-12-6-10-18(11-7-12)9-3-8-17-14(19)15(2,16)13-4-5-13/h12-13H,3-11,16H2,1-2H3,(H,17,19). The maximum Gasteiger partial charge on any atom is 0.240 e. The molecule has 4 heteroatoms. The topological polar surface area (TPSA) is 58.4 Å². The zero-order valence-electron chi connectivity index (χ0n) is 12.5. The highest BCUT2D eigenvalue weighted by atomic mass is 16.2. The van der Waals surface area contributed by atoms with Crippen LogP contribution in [-0.4, -0.2) is 42.5 Å². The molecule has 2 aliphatic rings. The van der Waals surface area contributed by atoms with E-state index in [1.54, 1.807) is 0 Å². The van der Waals surface area contributed by atoms with Crippen LogP contribution in [0.3, 0.4) is 0 Å². The number of piperidine rings is 1. The van der Waals surface area contributed by atoms with Crippen molar-refractivity contribution >= 4 is 5.91 Å². The monoisotopic (exact) mass is 267 g/mol. The van der Waals surface area contributed by atoms with Gasteiger partial charge in [-0.25, -0.2) is 0 Å². The van der Waals surface area contributed by atoms with Crippen LogP contribution in [0.15, 0.2) is 0 Å². The zero-order valence-corrected chi connectivity index (χ0v) is 12.5. The Bertz CT molecular complexity index is 305. The molecular weight excluding hydrogens is 238 g/mol. The van der Waals surface area contributed by atoms with Crippen LogP contribution >= 0.6 is 0 Å². The fourth-order valence-corrected chi connectivity index (χ4v) is 2.85. The van der Waals surface area contributed by atoms with E-state index in [0.717, 1.165) is 38.3 Å². The second-order valence-corrected chi connectivity index (χ2v) is 6.69. The first-order valence-corrected chi connectivity index (χ1v) is 7.79. The normalized spacial score (nSPS) is 25.0. The van der Waals surface area contributed by atoms with Crippen molar-refractivity contribution in [2.24, 2.45) is 17.6 Å². The summed E-state index contributed by atoms with van der Waals surface area (Å²) in [4.78, 5) is 14.5. The van der Waals surface area contributed by atoms with Gasteiger partial charge in [-0.05, 0) is 70.5 Å². The third kappa shape index (κ3) is 4.18. The third-order valence-corrected chi connectivity index (χ3v) is 4.73. The Morgan fingerprint density at radius 3 is 2.53 bits per heavy atom. The maximum atomic E-state index is 12.0. The van der Waals surface area contributed by atoms with Gasteiger partial charge in [-0.3, -0.25) is 4.79 Å². The van der Waals surface area contributed by atoms with Crippen molar-refractivity contribution in [1.29, 1.82) is 0 Å². The van der Waals surface area contributed by atoms with Crippen molar-refractivity contribution in [2.75, 3.05) is 26.2 Å². The Hall–Kier alpha value is -0.610. The largest absolute Gasteiger partial charge is 0.354 e. The Balaban J connectivity index is 1.57. The molecule has 0 bridgehead atoms. The Labute approximate surface area is 117 Å². The van der Waals surface area contributed by atoms with Crippen LogP contribution in [0.5, 0.6) is 0 Å². The van der Waals surface area contributed by atoms with E-state index in [1.165, 1.54) is 25.9 Å². The van der Waals surface area contributed by atoms with Crippen molar-refractivity contribution in [3.63, 3.8) is 0 Å². The molecule has 4 nitrogen and oxygen atoms in total. The summed E-state index contributed by atoms with van der Waals surface area (Å²) >= 11 is 0. The number of nitrogens with one attached hydrogen (secondary N) is 1. The Morgan fingerprint density at radius 1 is 1.32 bits per heavy atom. The highest BCUT2D eigenvalue weighted by molar-refractivity contribution is 5.86. The van der Waals surface area contributed by atoms with E-state index in [0.29, 0.717) is 5.92 Å². The summed E-state index contributed by atoms with van der Waals surface area (Å²) in [5, 5.41) is 3.00. The van der Waals surface area contributed by atoms with Crippen LogP contribution in [0.4, 0.5) is 0 Å². The molecule has 1 atom stereocenters. The molecule has 3 N–H and O–H groups in total. The number of carbonyl (C=O) groups excluding carboxylic acids is 1. The minimum atomic E-state index is -0.652. The molecule has 1 heterocycles. The molecule has 2 rings (SSSR count). The van der Waals surface area contributed by atoms with E-state index in [9.17, 15) is 4.79 Å². The lowest BCUT2D eigenvalue weighted by molar-refractivity contribution is -0.126. The number of carbonyl (C=O) groups is 1. The molecule has 1 saturated carbocycles. The molecular formula is C15H29N3O. The average molecular weight is 267 g/mol. The third-order valence-electron chi connectivity index (χ3n) is 4.73. The summed E-state index contributed by atoms with van der Waals surface area (Å²) in [6, 6.07) is 0. The molecule has 0 aromatic heterocycles. The lowest BCUT2D eigenvalue weighted by Gasteiger charge is -2.30. The van der Waals surface area contributed by atoms with Crippen molar-refractivity contribution in [3.8, 4) is 0 Å². The van der Waals surface area contributed by atoms with Crippen LogP contribution in [0, 0.1) is 11.8 Å². The van der Waals surface area contributed by atoms with Crippen LogP contribution < -0.4 is 11.1 Å². The number of nitrogens with two attached hydrogens (primary N) is 1. The van der Waals surface area contributed by atoms with Gasteiger partial charge < -0.3 is 16.0 Å².